The molecular formula is C12H15FN2O4S. The highest BCUT2D eigenvalue weighted by atomic mass is 32.2. The fourth-order valence-corrected chi connectivity index (χ4v) is 3.65. The van der Waals surface area contributed by atoms with E-state index in [1.807, 2.05) is 0 Å². The number of benzene rings is 1. The molecule has 8 heteroatoms. The predicted molar refractivity (Wildman–Crippen MR) is 68.8 cm³/mol. The van der Waals surface area contributed by atoms with E-state index in [0.717, 1.165) is 10.4 Å². The zero-order chi connectivity index (χ0) is 14.9. The topological polar surface area (TPSA) is 89.7 Å². The minimum absolute atomic E-state index is 0.0384. The molecule has 1 aromatic carbocycles. The molecule has 1 fully saturated rings. The molecule has 1 heterocycles. The van der Waals surface area contributed by atoms with Gasteiger partial charge in [0.05, 0.1) is 13.2 Å². The molecule has 0 aromatic heterocycles. The van der Waals surface area contributed by atoms with E-state index in [1.165, 1.54) is 12.1 Å². The highest BCUT2D eigenvalue weighted by Crippen LogP contribution is 2.23. The van der Waals surface area contributed by atoms with Crippen LogP contribution in [0.25, 0.3) is 0 Å². The van der Waals surface area contributed by atoms with Gasteiger partial charge in [-0.2, -0.15) is 4.31 Å². The number of halogens is 1. The van der Waals surface area contributed by atoms with Gasteiger partial charge < -0.3 is 10.5 Å². The van der Waals surface area contributed by atoms with Gasteiger partial charge in [0.25, 0.3) is 0 Å². The van der Waals surface area contributed by atoms with Crippen LogP contribution >= 0.6 is 0 Å². The number of hydrogen-bond donors (Lipinski definition) is 1. The number of primary amides is 1. The van der Waals surface area contributed by atoms with Crippen molar-refractivity contribution in [3.8, 4) is 0 Å². The van der Waals surface area contributed by atoms with Crippen LogP contribution in [-0.4, -0.2) is 44.4 Å². The van der Waals surface area contributed by atoms with Crippen LogP contribution in [-0.2, 0) is 19.6 Å². The van der Waals surface area contributed by atoms with Crippen LogP contribution in [0, 0.1) is 12.7 Å². The minimum Gasteiger partial charge on any atom is -0.378 e. The lowest BCUT2D eigenvalue weighted by molar-refractivity contribution is -0.125. The van der Waals surface area contributed by atoms with Gasteiger partial charge in [-0.15, -0.1) is 0 Å². The lowest BCUT2D eigenvalue weighted by Crippen LogP contribution is -2.54. The van der Waals surface area contributed by atoms with E-state index in [0.29, 0.717) is 5.56 Å². The first kappa shape index (κ1) is 14.9. The van der Waals surface area contributed by atoms with Gasteiger partial charge >= 0.3 is 0 Å². The molecule has 1 aliphatic heterocycles. The molecule has 20 heavy (non-hydrogen) atoms. The van der Waals surface area contributed by atoms with Crippen LogP contribution in [0.1, 0.15) is 5.56 Å². The van der Waals surface area contributed by atoms with Crippen molar-refractivity contribution in [2.45, 2.75) is 17.9 Å². The summed E-state index contributed by atoms with van der Waals surface area (Å²) in [4.78, 5) is 10.9. The average Bonchev–Trinajstić information content (AvgIpc) is 2.38. The number of hydrogen-bond acceptors (Lipinski definition) is 4. The van der Waals surface area contributed by atoms with Crippen LogP contribution in [0.5, 0.6) is 0 Å². The highest BCUT2D eigenvalue weighted by Gasteiger charge is 2.38. The number of nitrogens with zero attached hydrogens (tertiary/aromatic N) is 1. The molecule has 0 saturated carbocycles. The fourth-order valence-electron chi connectivity index (χ4n) is 2.04. The largest absolute Gasteiger partial charge is 0.378 e. The zero-order valence-corrected chi connectivity index (χ0v) is 11.7. The van der Waals surface area contributed by atoms with E-state index in [1.54, 1.807) is 6.92 Å². The molecule has 1 aliphatic rings. The summed E-state index contributed by atoms with van der Waals surface area (Å²) in [6.45, 7) is 1.63. The Morgan fingerprint density at radius 1 is 1.50 bits per heavy atom. The summed E-state index contributed by atoms with van der Waals surface area (Å²) in [6.07, 6.45) is 0. The number of nitrogens with two attached hydrogens (primary N) is 1. The third kappa shape index (κ3) is 2.67. The Morgan fingerprint density at radius 3 is 2.80 bits per heavy atom. The Morgan fingerprint density at radius 2 is 2.20 bits per heavy atom. The summed E-state index contributed by atoms with van der Waals surface area (Å²) in [5.41, 5.74) is 5.78. The van der Waals surface area contributed by atoms with E-state index in [9.17, 15) is 17.6 Å². The maximum Gasteiger partial charge on any atom is 0.246 e. The van der Waals surface area contributed by atoms with E-state index < -0.39 is 32.7 Å². The van der Waals surface area contributed by atoms with Gasteiger partial charge in [-0.25, -0.2) is 12.8 Å². The maximum atomic E-state index is 13.9. The van der Waals surface area contributed by atoms with Gasteiger partial charge in [-0.05, 0) is 24.6 Å². The van der Waals surface area contributed by atoms with Crippen LogP contribution in [0.4, 0.5) is 4.39 Å². The lowest BCUT2D eigenvalue weighted by Gasteiger charge is -2.32. The van der Waals surface area contributed by atoms with E-state index >= 15 is 0 Å². The van der Waals surface area contributed by atoms with E-state index in [4.69, 9.17) is 10.5 Å². The summed E-state index contributed by atoms with van der Waals surface area (Å²) in [5, 5.41) is 0. The maximum absolute atomic E-state index is 13.9. The molecule has 0 unspecified atom stereocenters. The summed E-state index contributed by atoms with van der Waals surface area (Å²) < 4.78 is 44.7. The van der Waals surface area contributed by atoms with Gasteiger partial charge in [0.15, 0.2) is 0 Å². The molecule has 1 aromatic rings. The van der Waals surface area contributed by atoms with Crippen LogP contribution in [0.15, 0.2) is 23.1 Å². The van der Waals surface area contributed by atoms with Crippen molar-refractivity contribution in [1.82, 2.24) is 4.31 Å². The Balaban J connectivity index is 2.45. The quantitative estimate of drug-likeness (QED) is 0.851. The van der Waals surface area contributed by atoms with Gasteiger partial charge in [-0.3, -0.25) is 4.79 Å². The Kier molecular flexibility index (Phi) is 4.07. The zero-order valence-electron chi connectivity index (χ0n) is 10.9. The minimum atomic E-state index is -4.13. The summed E-state index contributed by atoms with van der Waals surface area (Å²) in [5.74, 6) is -1.67. The van der Waals surface area contributed by atoms with Gasteiger partial charge in [0, 0.05) is 6.54 Å². The van der Waals surface area contributed by atoms with Crippen LogP contribution in [0.3, 0.4) is 0 Å². The molecule has 6 nitrogen and oxygen atoms in total. The number of rotatable bonds is 3. The number of carbonyl (C=O) groups excluding carboxylic acids is 1. The van der Waals surface area contributed by atoms with Crippen molar-refractivity contribution in [2.75, 3.05) is 19.8 Å². The van der Waals surface area contributed by atoms with Crippen molar-refractivity contribution in [3.05, 3.63) is 29.6 Å². The molecule has 1 atom stereocenters. The molecule has 110 valence electrons. The second-order valence-corrected chi connectivity index (χ2v) is 6.40. The third-order valence-corrected chi connectivity index (χ3v) is 5.02. The van der Waals surface area contributed by atoms with Crippen molar-refractivity contribution in [2.24, 2.45) is 5.73 Å². The van der Waals surface area contributed by atoms with Crippen molar-refractivity contribution < 1.29 is 22.3 Å². The predicted octanol–water partition coefficient (Wildman–Crippen LogP) is 0.00892. The third-order valence-electron chi connectivity index (χ3n) is 3.08. The average molecular weight is 302 g/mol. The second-order valence-electron chi connectivity index (χ2n) is 4.54. The molecule has 1 saturated heterocycles. The lowest BCUT2D eigenvalue weighted by atomic mass is 10.2. The van der Waals surface area contributed by atoms with E-state index in [2.05, 4.69) is 0 Å². The van der Waals surface area contributed by atoms with Gasteiger partial charge in [-0.1, -0.05) is 6.07 Å². The number of ether oxygens (including phenoxy) is 1. The standard InChI is InChI=1S/C12H15FN2O4S/c1-8-2-3-11(9(13)6-8)20(17,18)15-4-5-19-7-10(15)12(14)16/h2-3,6,10H,4-5,7H2,1H3,(H2,14,16)/t10-/m1/s1. The molecule has 0 spiro atoms. The first-order valence-corrected chi connectivity index (χ1v) is 7.43. The number of carbonyl (C=O) groups is 1. The highest BCUT2D eigenvalue weighted by molar-refractivity contribution is 7.89. The number of amides is 1. The van der Waals surface area contributed by atoms with Gasteiger partial charge in [0.2, 0.25) is 15.9 Å². The van der Waals surface area contributed by atoms with Crippen LogP contribution in [0.2, 0.25) is 0 Å². The second kappa shape index (κ2) is 5.47. The Labute approximate surface area is 116 Å². The molecule has 0 bridgehead atoms. The first-order valence-electron chi connectivity index (χ1n) is 5.99. The summed E-state index contributed by atoms with van der Waals surface area (Å²) in [6, 6.07) is 2.70. The van der Waals surface area contributed by atoms with Gasteiger partial charge in [0.1, 0.15) is 16.8 Å². The molecule has 2 N–H and O–H groups in total. The van der Waals surface area contributed by atoms with Crippen molar-refractivity contribution in [3.63, 3.8) is 0 Å². The van der Waals surface area contributed by atoms with Crippen LogP contribution < -0.4 is 5.73 Å². The summed E-state index contributed by atoms with van der Waals surface area (Å²) in [7, 11) is -4.13. The summed E-state index contributed by atoms with van der Waals surface area (Å²) >= 11 is 0. The fraction of sp³-hybridized carbons (Fsp3) is 0.417. The molecule has 0 aliphatic carbocycles. The molecule has 1 amide bonds. The smallest absolute Gasteiger partial charge is 0.246 e. The Hall–Kier alpha value is -1.51. The van der Waals surface area contributed by atoms with Crippen molar-refractivity contribution >= 4 is 15.9 Å². The monoisotopic (exact) mass is 302 g/mol. The van der Waals surface area contributed by atoms with Crippen molar-refractivity contribution in [1.29, 1.82) is 0 Å². The van der Waals surface area contributed by atoms with E-state index in [-0.39, 0.29) is 19.8 Å². The normalized spacial score (nSPS) is 20.8. The molecule has 0 radical (unpaired) electrons. The molecule has 2 rings (SSSR count). The number of aryl methyl sites for hydroxylation is 1. The first-order chi connectivity index (χ1) is 9.34. The Bertz CT molecular complexity index is 632. The molecular weight excluding hydrogens is 287 g/mol. The number of morpholine rings is 1. The number of sulfonamides is 1. The SMILES string of the molecule is Cc1ccc(S(=O)(=O)N2CCOC[C@@H]2C(N)=O)c(F)c1.